The van der Waals surface area contributed by atoms with Crippen molar-refractivity contribution in [3.8, 4) is 5.75 Å². The molecule has 2 aromatic rings. The quantitative estimate of drug-likeness (QED) is 0.887. The molecule has 0 spiro atoms. The van der Waals surface area contributed by atoms with Crippen molar-refractivity contribution >= 4 is 5.97 Å². The van der Waals surface area contributed by atoms with E-state index in [0.717, 1.165) is 11.3 Å². The summed E-state index contributed by atoms with van der Waals surface area (Å²) in [5, 5.41) is 8.73. The third-order valence-corrected chi connectivity index (χ3v) is 2.47. The lowest BCUT2D eigenvalue weighted by molar-refractivity contribution is 0.0696. The highest BCUT2D eigenvalue weighted by molar-refractivity contribution is 5.86. The van der Waals surface area contributed by atoms with E-state index in [2.05, 4.69) is 9.97 Å². The van der Waals surface area contributed by atoms with Gasteiger partial charge in [0.2, 0.25) is 0 Å². The summed E-state index contributed by atoms with van der Waals surface area (Å²) in [4.78, 5) is 18.7. The molecule has 5 nitrogen and oxygen atoms in total. The largest absolute Gasteiger partial charge is 0.497 e. The fourth-order valence-corrected chi connectivity index (χ4v) is 1.48. The third kappa shape index (κ3) is 2.82. The van der Waals surface area contributed by atoms with Crippen LogP contribution in [-0.4, -0.2) is 28.2 Å². The van der Waals surface area contributed by atoms with Gasteiger partial charge < -0.3 is 9.84 Å². The molecule has 0 aliphatic heterocycles. The van der Waals surface area contributed by atoms with Gasteiger partial charge in [-0.3, -0.25) is 0 Å². The first-order chi connectivity index (χ1) is 8.69. The molecule has 2 rings (SSSR count). The van der Waals surface area contributed by atoms with E-state index in [9.17, 15) is 4.79 Å². The first-order valence-electron chi connectivity index (χ1n) is 5.36. The molecular formula is C13H12N2O3. The monoisotopic (exact) mass is 244 g/mol. The van der Waals surface area contributed by atoms with Crippen molar-refractivity contribution in [2.45, 2.75) is 6.42 Å². The van der Waals surface area contributed by atoms with E-state index in [-0.39, 0.29) is 5.56 Å². The summed E-state index contributed by atoms with van der Waals surface area (Å²) in [5.74, 6) is 0.358. The summed E-state index contributed by atoms with van der Waals surface area (Å²) < 4.78 is 5.06. The van der Waals surface area contributed by atoms with Gasteiger partial charge in [0, 0.05) is 18.8 Å². The van der Waals surface area contributed by atoms with E-state index in [4.69, 9.17) is 9.84 Å². The molecule has 1 aromatic heterocycles. The second kappa shape index (κ2) is 5.27. The molecule has 92 valence electrons. The predicted molar refractivity (Wildman–Crippen MR) is 64.8 cm³/mol. The van der Waals surface area contributed by atoms with Crippen LogP contribution in [0.2, 0.25) is 0 Å². The van der Waals surface area contributed by atoms with Crippen LogP contribution in [0.3, 0.4) is 0 Å². The Hall–Kier alpha value is -2.43. The summed E-state index contributed by atoms with van der Waals surface area (Å²) in [6, 6.07) is 7.57. The molecule has 0 atom stereocenters. The minimum atomic E-state index is -1.02. The third-order valence-electron chi connectivity index (χ3n) is 2.47. The van der Waals surface area contributed by atoms with Gasteiger partial charge in [0.1, 0.15) is 11.6 Å². The lowest BCUT2D eigenvalue weighted by Gasteiger charge is -2.03. The van der Waals surface area contributed by atoms with Crippen LogP contribution in [-0.2, 0) is 6.42 Å². The van der Waals surface area contributed by atoms with Gasteiger partial charge in [0.05, 0.1) is 12.7 Å². The van der Waals surface area contributed by atoms with E-state index in [1.165, 1.54) is 12.4 Å². The van der Waals surface area contributed by atoms with E-state index in [1.54, 1.807) is 7.11 Å². The van der Waals surface area contributed by atoms with Gasteiger partial charge in [-0.2, -0.15) is 0 Å². The van der Waals surface area contributed by atoms with E-state index in [1.807, 2.05) is 24.3 Å². The van der Waals surface area contributed by atoms with Crippen molar-refractivity contribution in [2.75, 3.05) is 7.11 Å². The Labute approximate surface area is 104 Å². The number of nitrogens with zero attached hydrogens (tertiary/aromatic N) is 2. The lowest BCUT2D eigenvalue weighted by atomic mass is 10.1. The summed E-state index contributed by atoms with van der Waals surface area (Å²) in [7, 11) is 1.61. The van der Waals surface area contributed by atoms with Crippen LogP contribution in [0.4, 0.5) is 0 Å². The number of aromatic carboxylic acids is 1. The minimum Gasteiger partial charge on any atom is -0.497 e. The second-order valence-corrected chi connectivity index (χ2v) is 3.72. The van der Waals surface area contributed by atoms with Gasteiger partial charge >= 0.3 is 5.97 Å². The number of rotatable bonds is 4. The number of hydrogen-bond donors (Lipinski definition) is 1. The van der Waals surface area contributed by atoms with Crippen molar-refractivity contribution in [3.05, 3.63) is 53.6 Å². The smallest absolute Gasteiger partial charge is 0.338 e. The Morgan fingerprint density at radius 2 is 1.83 bits per heavy atom. The Balaban J connectivity index is 2.10. The van der Waals surface area contributed by atoms with Crippen molar-refractivity contribution < 1.29 is 14.6 Å². The molecule has 5 heteroatoms. The molecule has 1 heterocycles. The van der Waals surface area contributed by atoms with Gasteiger partial charge in [-0.25, -0.2) is 14.8 Å². The normalized spacial score (nSPS) is 10.1. The van der Waals surface area contributed by atoms with E-state index in [0.29, 0.717) is 12.2 Å². The topological polar surface area (TPSA) is 72.3 Å². The summed E-state index contributed by atoms with van der Waals surface area (Å²) in [5.41, 5.74) is 1.13. The van der Waals surface area contributed by atoms with E-state index >= 15 is 0 Å². The first-order valence-corrected chi connectivity index (χ1v) is 5.36. The maximum Gasteiger partial charge on any atom is 0.338 e. The van der Waals surface area contributed by atoms with Crippen LogP contribution in [0.1, 0.15) is 21.7 Å². The minimum absolute atomic E-state index is 0.0912. The standard InChI is InChI=1S/C13H12N2O3/c1-18-11-4-2-9(3-5-11)6-12-14-7-10(8-15-12)13(16)17/h2-5,7-8H,6H2,1H3,(H,16,17). The molecule has 0 saturated heterocycles. The molecule has 0 aliphatic rings. The van der Waals surface area contributed by atoms with Crippen LogP contribution in [0.15, 0.2) is 36.7 Å². The number of aromatic nitrogens is 2. The average molecular weight is 244 g/mol. The van der Waals surface area contributed by atoms with Gasteiger partial charge in [0.15, 0.2) is 0 Å². The first kappa shape index (κ1) is 12.0. The SMILES string of the molecule is COc1ccc(Cc2ncc(C(=O)O)cn2)cc1. The molecule has 1 aromatic carbocycles. The zero-order valence-corrected chi connectivity index (χ0v) is 9.83. The number of hydrogen-bond acceptors (Lipinski definition) is 4. The van der Waals surface area contributed by atoms with Gasteiger partial charge in [-0.15, -0.1) is 0 Å². The van der Waals surface area contributed by atoms with E-state index < -0.39 is 5.97 Å². The molecule has 0 radical (unpaired) electrons. The molecule has 0 bridgehead atoms. The number of benzene rings is 1. The zero-order valence-electron chi connectivity index (χ0n) is 9.83. The van der Waals surface area contributed by atoms with Crippen LogP contribution in [0, 0.1) is 0 Å². The molecule has 0 saturated carbocycles. The number of carbonyl (C=O) groups is 1. The molecular weight excluding hydrogens is 232 g/mol. The Bertz CT molecular complexity index is 535. The molecule has 1 N–H and O–H groups in total. The maximum atomic E-state index is 10.6. The van der Waals surface area contributed by atoms with Crippen molar-refractivity contribution in [2.24, 2.45) is 0 Å². The summed E-state index contributed by atoms with van der Waals surface area (Å²) in [6.07, 6.45) is 3.19. The predicted octanol–water partition coefficient (Wildman–Crippen LogP) is 1.77. The van der Waals surface area contributed by atoms with Crippen molar-refractivity contribution in [3.63, 3.8) is 0 Å². The molecule has 0 aliphatic carbocycles. The molecule has 0 unspecified atom stereocenters. The molecule has 18 heavy (non-hydrogen) atoms. The van der Waals surface area contributed by atoms with Crippen LogP contribution >= 0.6 is 0 Å². The highest BCUT2D eigenvalue weighted by Crippen LogP contribution is 2.13. The maximum absolute atomic E-state index is 10.6. The molecule has 0 fully saturated rings. The summed E-state index contributed by atoms with van der Waals surface area (Å²) >= 11 is 0. The Morgan fingerprint density at radius 1 is 1.22 bits per heavy atom. The second-order valence-electron chi connectivity index (χ2n) is 3.72. The number of carboxylic acid groups (broad SMARTS) is 1. The van der Waals surface area contributed by atoms with Crippen molar-refractivity contribution in [1.29, 1.82) is 0 Å². The number of ether oxygens (including phenoxy) is 1. The van der Waals surface area contributed by atoms with Crippen LogP contribution in [0.5, 0.6) is 5.75 Å². The Kier molecular flexibility index (Phi) is 3.52. The Morgan fingerprint density at radius 3 is 2.33 bits per heavy atom. The fraction of sp³-hybridized carbons (Fsp3) is 0.154. The van der Waals surface area contributed by atoms with Crippen molar-refractivity contribution in [1.82, 2.24) is 9.97 Å². The highest BCUT2D eigenvalue weighted by atomic mass is 16.5. The van der Waals surface area contributed by atoms with Gasteiger partial charge in [0.25, 0.3) is 0 Å². The highest BCUT2D eigenvalue weighted by Gasteiger charge is 2.05. The summed E-state index contributed by atoms with van der Waals surface area (Å²) in [6.45, 7) is 0. The average Bonchev–Trinajstić information content (AvgIpc) is 2.40. The van der Waals surface area contributed by atoms with Crippen LogP contribution in [0.25, 0.3) is 0 Å². The van der Waals surface area contributed by atoms with Gasteiger partial charge in [-0.1, -0.05) is 12.1 Å². The molecule has 0 amide bonds. The number of methoxy groups -OCH3 is 1. The number of carboxylic acids is 1. The van der Waals surface area contributed by atoms with Gasteiger partial charge in [-0.05, 0) is 17.7 Å². The lowest BCUT2D eigenvalue weighted by Crippen LogP contribution is -2.02. The zero-order chi connectivity index (χ0) is 13.0. The van der Waals surface area contributed by atoms with Crippen LogP contribution < -0.4 is 4.74 Å². The fourth-order valence-electron chi connectivity index (χ4n) is 1.48.